The zero-order valence-corrected chi connectivity index (χ0v) is 12.0. The molecule has 2 aliphatic rings. The maximum absolute atomic E-state index is 12.5. The van der Waals surface area contributed by atoms with Crippen LogP contribution in [0.5, 0.6) is 0 Å². The summed E-state index contributed by atoms with van der Waals surface area (Å²) in [5.74, 6) is 0.314. The largest absolute Gasteiger partial charge is 0.339 e. The Morgan fingerprint density at radius 2 is 1.89 bits per heavy atom. The molecule has 2 aliphatic heterocycles. The van der Waals surface area contributed by atoms with Crippen molar-refractivity contribution in [3.8, 4) is 0 Å². The molecule has 4 heteroatoms. The molecule has 18 heavy (non-hydrogen) atoms. The van der Waals surface area contributed by atoms with Gasteiger partial charge in [-0.3, -0.25) is 9.69 Å². The van der Waals surface area contributed by atoms with Crippen LogP contribution in [0.15, 0.2) is 0 Å². The summed E-state index contributed by atoms with van der Waals surface area (Å²) in [6.45, 7) is 12.4. The van der Waals surface area contributed by atoms with Gasteiger partial charge < -0.3 is 10.2 Å². The SMILES string of the molecule is CC(C(=O)N1CCNCC1)N1CCCC(C)(C)C1. The highest BCUT2D eigenvalue weighted by Crippen LogP contribution is 2.29. The maximum Gasteiger partial charge on any atom is 0.239 e. The third-order valence-electron chi connectivity index (χ3n) is 4.26. The fourth-order valence-corrected chi connectivity index (χ4v) is 3.10. The van der Waals surface area contributed by atoms with Crippen LogP contribution in [0.4, 0.5) is 0 Å². The van der Waals surface area contributed by atoms with E-state index in [9.17, 15) is 4.79 Å². The zero-order chi connectivity index (χ0) is 13.2. The number of piperazine rings is 1. The van der Waals surface area contributed by atoms with Gasteiger partial charge in [0.25, 0.3) is 0 Å². The van der Waals surface area contributed by atoms with Crippen LogP contribution in [0.3, 0.4) is 0 Å². The highest BCUT2D eigenvalue weighted by Gasteiger charge is 2.33. The Bertz CT molecular complexity index is 297. The number of rotatable bonds is 2. The number of carbonyl (C=O) groups excluding carboxylic acids is 1. The van der Waals surface area contributed by atoms with E-state index in [1.807, 2.05) is 4.90 Å². The molecule has 2 heterocycles. The summed E-state index contributed by atoms with van der Waals surface area (Å²) in [6.07, 6.45) is 2.49. The predicted molar refractivity (Wildman–Crippen MR) is 73.5 cm³/mol. The van der Waals surface area contributed by atoms with Crippen LogP contribution in [0.25, 0.3) is 0 Å². The monoisotopic (exact) mass is 253 g/mol. The average Bonchev–Trinajstić information content (AvgIpc) is 2.37. The van der Waals surface area contributed by atoms with Crippen LogP contribution < -0.4 is 5.32 Å². The van der Waals surface area contributed by atoms with Crippen molar-refractivity contribution < 1.29 is 4.79 Å². The highest BCUT2D eigenvalue weighted by molar-refractivity contribution is 5.81. The lowest BCUT2D eigenvalue weighted by Gasteiger charge is -2.42. The van der Waals surface area contributed by atoms with Gasteiger partial charge >= 0.3 is 0 Å². The van der Waals surface area contributed by atoms with Crippen molar-refractivity contribution in [2.75, 3.05) is 39.3 Å². The molecule has 0 aromatic rings. The van der Waals surface area contributed by atoms with Crippen molar-refractivity contribution in [3.05, 3.63) is 0 Å². The lowest BCUT2D eigenvalue weighted by molar-refractivity contribution is -0.138. The Labute approximate surface area is 111 Å². The number of nitrogens with one attached hydrogen (secondary N) is 1. The molecule has 4 nitrogen and oxygen atoms in total. The Morgan fingerprint density at radius 3 is 2.50 bits per heavy atom. The minimum Gasteiger partial charge on any atom is -0.339 e. The zero-order valence-electron chi connectivity index (χ0n) is 12.0. The Hall–Kier alpha value is -0.610. The number of hydrogen-bond donors (Lipinski definition) is 1. The molecule has 0 saturated carbocycles. The normalized spacial score (nSPS) is 26.9. The van der Waals surface area contributed by atoms with Gasteiger partial charge in [-0.2, -0.15) is 0 Å². The number of hydrogen-bond acceptors (Lipinski definition) is 3. The molecule has 0 radical (unpaired) electrons. The summed E-state index contributed by atoms with van der Waals surface area (Å²) >= 11 is 0. The molecule has 1 atom stereocenters. The third kappa shape index (κ3) is 3.23. The lowest BCUT2D eigenvalue weighted by atomic mass is 9.83. The third-order valence-corrected chi connectivity index (χ3v) is 4.26. The minimum atomic E-state index is 0.0441. The quantitative estimate of drug-likeness (QED) is 0.795. The summed E-state index contributed by atoms with van der Waals surface area (Å²) < 4.78 is 0. The van der Waals surface area contributed by atoms with Gasteiger partial charge in [0.1, 0.15) is 0 Å². The first-order chi connectivity index (χ1) is 8.49. The first-order valence-electron chi connectivity index (χ1n) is 7.23. The van der Waals surface area contributed by atoms with E-state index in [-0.39, 0.29) is 6.04 Å². The van der Waals surface area contributed by atoms with Gasteiger partial charge in [0.05, 0.1) is 6.04 Å². The lowest BCUT2D eigenvalue weighted by Crippen LogP contribution is -2.55. The molecule has 2 fully saturated rings. The number of likely N-dealkylation sites (tertiary alicyclic amines) is 1. The van der Waals surface area contributed by atoms with Gasteiger partial charge in [-0.15, -0.1) is 0 Å². The van der Waals surface area contributed by atoms with E-state index in [4.69, 9.17) is 0 Å². The predicted octanol–water partition coefficient (Wildman–Crippen LogP) is 0.929. The van der Waals surface area contributed by atoms with E-state index in [2.05, 4.69) is 31.0 Å². The molecule has 2 saturated heterocycles. The average molecular weight is 253 g/mol. The minimum absolute atomic E-state index is 0.0441. The fraction of sp³-hybridized carbons (Fsp3) is 0.929. The van der Waals surface area contributed by atoms with Gasteiger partial charge in [-0.25, -0.2) is 0 Å². The van der Waals surface area contributed by atoms with E-state index in [1.54, 1.807) is 0 Å². The van der Waals surface area contributed by atoms with E-state index >= 15 is 0 Å². The van der Waals surface area contributed by atoms with Gasteiger partial charge in [0.2, 0.25) is 5.91 Å². The summed E-state index contributed by atoms with van der Waals surface area (Å²) in [5, 5.41) is 3.29. The molecule has 0 bridgehead atoms. The second-order valence-electron chi connectivity index (χ2n) is 6.49. The van der Waals surface area contributed by atoms with Gasteiger partial charge in [0.15, 0.2) is 0 Å². The number of carbonyl (C=O) groups is 1. The van der Waals surface area contributed by atoms with Crippen LogP contribution in [0.1, 0.15) is 33.6 Å². The van der Waals surface area contributed by atoms with Gasteiger partial charge in [-0.1, -0.05) is 13.8 Å². The molecule has 0 aromatic carbocycles. The molecule has 0 aromatic heterocycles. The second kappa shape index (κ2) is 5.57. The highest BCUT2D eigenvalue weighted by atomic mass is 16.2. The van der Waals surface area contributed by atoms with Crippen LogP contribution in [0.2, 0.25) is 0 Å². The van der Waals surface area contributed by atoms with Crippen molar-refractivity contribution in [2.45, 2.75) is 39.7 Å². The molecule has 1 N–H and O–H groups in total. The van der Waals surface area contributed by atoms with Crippen LogP contribution in [0, 0.1) is 5.41 Å². The molecule has 104 valence electrons. The van der Waals surface area contributed by atoms with Gasteiger partial charge in [-0.05, 0) is 31.7 Å². The summed E-state index contributed by atoms with van der Waals surface area (Å²) in [7, 11) is 0. The van der Waals surface area contributed by atoms with E-state index in [0.29, 0.717) is 11.3 Å². The Morgan fingerprint density at radius 1 is 1.22 bits per heavy atom. The van der Waals surface area contributed by atoms with Crippen molar-refractivity contribution in [1.29, 1.82) is 0 Å². The van der Waals surface area contributed by atoms with Gasteiger partial charge in [0, 0.05) is 32.7 Å². The van der Waals surface area contributed by atoms with Crippen molar-refractivity contribution in [1.82, 2.24) is 15.1 Å². The number of piperidine rings is 1. The standard InChI is InChI=1S/C14H27N3O/c1-12(13(18)16-9-6-15-7-10-16)17-8-4-5-14(2,3)11-17/h12,15H,4-11H2,1-3H3. The first kappa shape index (κ1) is 13.8. The first-order valence-corrected chi connectivity index (χ1v) is 7.23. The summed E-state index contributed by atoms with van der Waals surface area (Å²) in [4.78, 5) is 16.9. The van der Waals surface area contributed by atoms with Crippen LogP contribution in [-0.2, 0) is 4.79 Å². The van der Waals surface area contributed by atoms with Crippen LogP contribution >= 0.6 is 0 Å². The van der Waals surface area contributed by atoms with Crippen molar-refractivity contribution >= 4 is 5.91 Å². The van der Waals surface area contributed by atoms with E-state index < -0.39 is 0 Å². The maximum atomic E-state index is 12.5. The van der Waals surface area contributed by atoms with Crippen molar-refractivity contribution in [3.63, 3.8) is 0 Å². The molecule has 1 unspecified atom stereocenters. The molecular weight excluding hydrogens is 226 g/mol. The van der Waals surface area contributed by atoms with E-state index in [1.165, 1.54) is 12.8 Å². The molecule has 1 amide bonds. The number of amides is 1. The second-order valence-corrected chi connectivity index (χ2v) is 6.49. The summed E-state index contributed by atoms with van der Waals surface area (Å²) in [6, 6.07) is 0.0441. The van der Waals surface area contributed by atoms with Crippen LogP contribution in [-0.4, -0.2) is 61.0 Å². The smallest absolute Gasteiger partial charge is 0.239 e. The topological polar surface area (TPSA) is 35.6 Å². The molecule has 0 aliphatic carbocycles. The number of nitrogens with zero attached hydrogens (tertiary/aromatic N) is 2. The Balaban J connectivity index is 1.93. The van der Waals surface area contributed by atoms with E-state index in [0.717, 1.165) is 39.3 Å². The molecule has 2 rings (SSSR count). The summed E-state index contributed by atoms with van der Waals surface area (Å²) in [5.41, 5.74) is 0.357. The fourth-order valence-electron chi connectivity index (χ4n) is 3.10. The molecular formula is C14H27N3O. The van der Waals surface area contributed by atoms with Crippen molar-refractivity contribution in [2.24, 2.45) is 5.41 Å². The Kier molecular flexibility index (Phi) is 4.28. The molecule has 0 spiro atoms.